The standard InChI is InChI=1S/C17H17NO3/c1-10-3-6-14-11(7-10)4-5-12-8-13(9-15(19)20)18(2)16(12)17(14)21/h3,6-8H,4-5,9H2,1-2H3,(H,19,20). The number of hydrogen-bond acceptors (Lipinski definition) is 2. The van der Waals surface area contributed by atoms with Gasteiger partial charge in [-0.25, -0.2) is 0 Å². The van der Waals surface area contributed by atoms with Crippen LogP contribution >= 0.6 is 0 Å². The van der Waals surface area contributed by atoms with Gasteiger partial charge in [0.1, 0.15) is 0 Å². The van der Waals surface area contributed by atoms with E-state index in [1.165, 1.54) is 0 Å². The molecule has 108 valence electrons. The van der Waals surface area contributed by atoms with E-state index in [0.29, 0.717) is 11.4 Å². The summed E-state index contributed by atoms with van der Waals surface area (Å²) in [4.78, 5) is 23.7. The van der Waals surface area contributed by atoms with E-state index in [4.69, 9.17) is 5.11 Å². The molecular formula is C17H17NO3. The Labute approximate surface area is 123 Å². The zero-order valence-electron chi connectivity index (χ0n) is 12.1. The summed E-state index contributed by atoms with van der Waals surface area (Å²) < 4.78 is 1.74. The number of fused-ring (bicyclic) bond motifs is 2. The van der Waals surface area contributed by atoms with Crippen LogP contribution in [0.2, 0.25) is 0 Å². The zero-order chi connectivity index (χ0) is 15.1. The van der Waals surface area contributed by atoms with Crippen LogP contribution in [0.4, 0.5) is 0 Å². The Morgan fingerprint density at radius 3 is 2.67 bits per heavy atom. The molecule has 0 spiro atoms. The fourth-order valence-corrected chi connectivity index (χ4v) is 3.09. The van der Waals surface area contributed by atoms with Crippen molar-refractivity contribution in [1.29, 1.82) is 0 Å². The quantitative estimate of drug-likeness (QED) is 0.920. The van der Waals surface area contributed by atoms with Gasteiger partial charge in [0.05, 0.1) is 12.1 Å². The third kappa shape index (κ3) is 2.27. The molecule has 4 nitrogen and oxygen atoms in total. The largest absolute Gasteiger partial charge is 0.481 e. The van der Waals surface area contributed by atoms with Gasteiger partial charge in [0, 0.05) is 18.3 Å². The maximum absolute atomic E-state index is 12.8. The van der Waals surface area contributed by atoms with Gasteiger partial charge in [-0.05, 0) is 37.0 Å². The molecule has 21 heavy (non-hydrogen) atoms. The van der Waals surface area contributed by atoms with Crippen molar-refractivity contribution in [1.82, 2.24) is 4.57 Å². The predicted octanol–water partition coefficient (Wildman–Crippen LogP) is 2.29. The highest BCUT2D eigenvalue weighted by molar-refractivity contribution is 6.10. The van der Waals surface area contributed by atoms with Crippen LogP contribution in [0.15, 0.2) is 24.3 Å². The molecule has 1 aromatic carbocycles. The maximum Gasteiger partial charge on any atom is 0.309 e. The average molecular weight is 283 g/mol. The minimum atomic E-state index is -0.880. The number of aliphatic carboxylic acids is 1. The van der Waals surface area contributed by atoms with Gasteiger partial charge in [0.15, 0.2) is 0 Å². The van der Waals surface area contributed by atoms with Gasteiger partial charge in [-0.2, -0.15) is 0 Å². The van der Waals surface area contributed by atoms with E-state index in [-0.39, 0.29) is 12.2 Å². The van der Waals surface area contributed by atoms with Gasteiger partial charge >= 0.3 is 5.97 Å². The minimum Gasteiger partial charge on any atom is -0.481 e. The van der Waals surface area contributed by atoms with Gasteiger partial charge in [-0.1, -0.05) is 23.8 Å². The third-order valence-electron chi connectivity index (χ3n) is 4.13. The Hall–Kier alpha value is -2.36. The van der Waals surface area contributed by atoms with Gasteiger partial charge in [0.2, 0.25) is 5.78 Å². The molecule has 1 aliphatic carbocycles. The van der Waals surface area contributed by atoms with Crippen molar-refractivity contribution in [2.45, 2.75) is 26.2 Å². The molecule has 0 unspecified atom stereocenters. The molecule has 0 aliphatic heterocycles. The van der Waals surface area contributed by atoms with Crippen molar-refractivity contribution in [2.75, 3.05) is 0 Å². The minimum absolute atomic E-state index is 0.00311. The summed E-state index contributed by atoms with van der Waals surface area (Å²) in [5.74, 6) is -0.883. The molecule has 2 aromatic rings. The molecule has 1 aromatic heterocycles. The molecule has 0 saturated carbocycles. The highest BCUT2D eigenvalue weighted by Gasteiger charge is 2.26. The van der Waals surface area contributed by atoms with E-state index < -0.39 is 5.97 Å². The van der Waals surface area contributed by atoms with E-state index in [2.05, 4.69) is 6.07 Å². The van der Waals surface area contributed by atoms with Crippen molar-refractivity contribution in [3.8, 4) is 0 Å². The van der Waals surface area contributed by atoms with Crippen LogP contribution in [-0.4, -0.2) is 21.4 Å². The van der Waals surface area contributed by atoms with E-state index in [0.717, 1.165) is 35.1 Å². The number of carboxylic acids is 1. The third-order valence-corrected chi connectivity index (χ3v) is 4.13. The monoisotopic (exact) mass is 283 g/mol. The Kier molecular flexibility index (Phi) is 3.16. The highest BCUT2D eigenvalue weighted by atomic mass is 16.4. The first-order valence-electron chi connectivity index (χ1n) is 7.01. The molecular weight excluding hydrogens is 266 g/mol. The Bertz CT molecular complexity index is 756. The number of nitrogens with zero attached hydrogens (tertiary/aromatic N) is 1. The van der Waals surface area contributed by atoms with E-state index in [1.807, 2.05) is 25.1 Å². The fourth-order valence-electron chi connectivity index (χ4n) is 3.09. The lowest BCUT2D eigenvalue weighted by Gasteiger charge is -2.08. The number of rotatable bonds is 2. The summed E-state index contributed by atoms with van der Waals surface area (Å²) in [6, 6.07) is 7.76. The molecule has 0 radical (unpaired) electrons. The Morgan fingerprint density at radius 2 is 1.95 bits per heavy atom. The van der Waals surface area contributed by atoms with Crippen LogP contribution in [0, 0.1) is 6.92 Å². The van der Waals surface area contributed by atoms with Crippen molar-refractivity contribution < 1.29 is 14.7 Å². The fraction of sp³-hybridized carbons (Fsp3) is 0.294. The second-order valence-electron chi connectivity index (χ2n) is 5.63. The number of hydrogen-bond donors (Lipinski definition) is 1. The number of aromatic nitrogens is 1. The first-order chi connectivity index (χ1) is 9.97. The number of carbonyl (C=O) groups is 2. The lowest BCUT2D eigenvalue weighted by Crippen LogP contribution is -2.12. The first-order valence-corrected chi connectivity index (χ1v) is 7.01. The van der Waals surface area contributed by atoms with E-state index in [9.17, 15) is 9.59 Å². The molecule has 0 saturated heterocycles. The van der Waals surface area contributed by atoms with Gasteiger partial charge in [0.25, 0.3) is 0 Å². The average Bonchev–Trinajstić information content (AvgIpc) is 2.64. The SMILES string of the molecule is Cc1ccc2c(c1)CCc1cc(CC(=O)O)n(C)c1C2=O. The molecule has 0 atom stereocenters. The topological polar surface area (TPSA) is 59.3 Å². The van der Waals surface area contributed by atoms with Gasteiger partial charge in [-0.3, -0.25) is 9.59 Å². The van der Waals surface area contributed by atoms with Crippen molar-refractivity contribution in [3.05, 3.63) is 57.9 Å². The van der Waals surface area contributed by atoms with Crippen LogP contribution in [-0.2, 0) is 31.1 Å². The zero-order valence-corrected chi connectivity index (χ0v) is 12.1. The molecule has 1 heterocycles. The summed E-state index contributed by atoms with van der Waals surface area (Å²) in [5.41, 5.74) is 5.23. The molecule has 1 N–H and O–H groups in total. The van der Waals surface area contributed by atoms with Crippen LogP contribution in [0.25, 0.3) is 0 Å². The maximum atomic E-state index is 12.8. The van der Waals surface area contributed by atoms with Gasteiger partial charge in [-0.15, -0.1) is 0 Å². The highest BCUT2D eigenvalue weighted by Crippen LogP contribution is 2.27. The Morgan fingerprint density at radius 1 is 1.24 bits per heavy atom. The molecule has 0 bridgehead atoms. The molecule has 3 rings (SSSR count). The van der Waals surface area contributed by atoms with Crippen LogP contribution < -0.4 is 0 Å². The lowest BCUT2D eigenvalue weighted by molar-refractivity contribution is -0.136. The number of ketones is 1. The van der Waals surface area contributed by atoms with E-state index in [1.54, 1.807) is 11.6 Å². The van der Waals surface area contributed by atoms with Crippen LogP contribution in [0.5, 0.6) is 0 Å². The summed E-state index contributed by atoms with van der Waals surface area (Å²) in [6.07, 6.45) is 1.52. The first kappa shape index (κ1) is 13.6. The molecule has 4 heteroatoms. The second-order valence-corrected chi connectivity index (χ2v) is 5.63. The summed E-state index contributed by atoms with van der Waals surface area (Å²) in [7, 11) is 1.77. The normalized spacial score (nSPS) is 13.5. The van der Waals surface area contributed by atoms with Gasteiger partial charge < -0.3 is 9.67 Å². The van der Waals surface area contributed by atoms with E-state index >= 15 is 0 Å². The summed E-state index contributed by atoms with van der Waals surface area (Å²) in [5, 5.41) is 8.96. The lowest BCUT2D eigenvalue weighted by atomic mass is 9.99. The number of aryl methyl sites for hydroxylation is 3. The van der Waals surface area contributed by atoms with Crippen molar-refractivity contribution >= 4 is 11.8 Å². The second kappa shape index (κ2) is 4.88. The molecule has 0 amide bonds. The smallest absolute Gasteiger partial charge is 0.309 e. The van der Waals surface area contributed by atoms with Crippen LogP contribution in [0.3, 0.4) is 0 Å². The summed E-state index contributed by atoms with van der Waals surface area (Å²) in [6.45, 7) is 2.02. The number of benzene rings is 1. The van der Waals surface area contributed by atoms with Crippen LogP contribution in [0.1, 0.15) is 38.4 Å². The Balaban J connectivity index is 2.12. The summed E-state index contributed by atoms with van der Waals surface area (Å²) >= 11 is 0. The number of carboxylic acid groups (broad SMARTS) is 1. The molecule has 1 aliphatic rings. The van der Waals surface area contributed by atoms with Crippen molar-refractivity contribution in [2.24, 2.45) is 7.05 Å². The van der Waals surface area contributed by atoms with Crippen molar-refractivity contribution in [3.63, 3.8) is 0 Å². The molecule has 0 fully saturated rings. The predicted molar refractivity (Wildman–Crippen MR) is 78.8 cm³/mol. The number of carbonyl (C=O) groups excluding carboxylic acids is 1.